The number of nitrogen functional groups attached to an aromatic ring is 1. The van der Waals surface area contributed by atoms with Crippen LogP contribution in [-0.4, -0.2) is 5.91 Å². The van der Waals surface area contributed by atoms with Crippen LogP contribution in [0.2, 0.25) is 0 Å². The summed E-state index contributed by atoms with van der Waals surface area (Å²) in [5.41, 5.74) is 6.17. The van der Waals surface area contributed by atoms with Gasteiger partial charge < -0.3 is 11.1 Å². The van der Waals surface area contributed by atoms with Crippen LogP contribution in [0.5, 0.6) is 0 Å². The molecule has 0 unspecified atom stereocenters. The summed E-state index contributed by atoms with van der Waals surface area (Å²) in [5, 5.41) is 2.57. The van der Waals surface area contributed by atoms with Crippen LogP contribution in [0.25, 0.3) is 0 Å². The van der Waals surface area contributed by atoms with Crippen LogP contribution in [0.3, 0.4) is 0 Å². The van der Waals surface area contributed by atoms with E-state index in [1.165, 1.54) is 50.3 Å². The smallest absolute Gasteiger partial charge is 0.224 e. The molecule has 1 rings (SSSR count). The van der Waals surface area contributed by atoms with Crippen molar-refractivity contribution < 1.29 is 9.18 Å². The molecule has 0 aliphatic carbocycles. The maximum Gasteiger partial charge on any atom is 0.224 e. The van der Waals surface area contributed by atoms with Crippen LogP contribution in [0.1, 0.15) is 58.3 Å². The number of halogens is 1. The predicted molar refractivity (Wildman–Crippen MR) is 82.1 cm³/mol. The lowest BCUT2D eigenvalue weighted by molar-refractivity contribution is -0.116. The van der Waals surface area contributed by atoms with Gasteiger partial charge in [0.05, 0.1) is 5.69 Å². The molecular weight excluding hydrogens is 255 g/mol. The van der Waals surface area contributed by atoms with Gasteiger partial charge >= 0.3 is 0 Å². The van der Waals surface area contributed by atoms with Gasteiger partial charge in [0.15, 0.2) is 0 Å². The Labute approximate surface area is 120 Å². The number of unbranched alkanes of at least 4 members (excludes halogenated alkanes) is 6. The Hall–Kier alpha value is -1.58. The van der Waals surface area contributed by atoms with Crippen LogP contribution < -0.4 is 11.1 Å². The molecular formula is C16H25FN2O. The van der Waals surface area contributed by atoms with E-state index in [0.717, 1.165) is 12.8 Å². The van der Waals surface area contributed by atoms with Gasteiger partial charge in [-0.25, -0.2) is 4.39 Å². The lowest BCUT2D eigenvalue weighted by Crippen LogP contribution is -2.12. The zero-order chi connectivity index (χ0) is 14.8. The number of benzene rings is 1. The first-order chi connectivity index (χ1) is 9.63. The zero-order valence-electron chi connectivity index (χ0n) is 12.3. The van der Waals surface area contributed by atoms with Crippen LogP contribution >= 0.6 is 0 Å². The van der Waals surface area contributed by atoms with E-state index >= 15 is 0 Å². The van der Waals surface area contributed by atoms with E-state index in [9.17, 15) is 9.18 Å². The molecule has 3 nitrogen and oxygen atoms in total. The standard InChI is InChI=1S/C16H25FN2O/c1-2-3-4-5-6-7-8-9-16(20)19-15-12-13(18)10-11-14(15)17/h10-12H,2-9,18H2,1H3,(H,19,20). The third kappa shape index (κ3) is 6.55. The molecule has 1 amide bonds. The molecule has 0 aromatic heterocycles. The number of nitrogens with one attached hydrogen (secondary N) is 1. The second-order valence-corrected chi connectivity index (χ2v) is 5.16. The fraction of sp³-hybridized carbons (Fsp3) is 0.562. The van der Waals surface area contributed by atoms with Gasteiger partial charge in [0.2, 0.25) is 5.91 Å². The minimum absolute atomic E-state index is 0.150. The summed E-state index contributed by atoms with van der Waals surface area (Å²) in [6, 6.07) is 4.18. The molecule has 1 aromatic carbocycles. The van der Waals surface area contributed by atoms with Crippen molar-refractivity contribution >= 4 is 17.3 Å². The fourth-order valence-corrected chi connectivity index (χ4v) is 2.09. The molecule has 4 heteroatoms. The fourth-order valence-electron chi connectivity index (χ4n) is 2.09. The van der Waals surface area contributed by atoms with E-state index in [0.29, 0.717) is 12.1 Å². The van der Waals surface area contributed by atoms with Crippen molar-refractivity contribution in [2.24, 2.45) is 0 Å². The molecule has 0 aliphatic rings. The highest BCUT2D eigenvalue weighted by Crippen LogP contribution is 2.18. The van der Waals surface area contributed by atoms with Crippen LogP contribution in [0, 0.1) is 5.82 Å². The van der Waals surface area contributed by atoms with Crippen molar-refractivity contribution in [1.82, 2.24) is 0 Å². The van der Waals surface area contributed by atoms with Gasteiger partial charge in [0.25, 0.3) is 0 Å². The van der Waals surface area contributed by atoms with Gasteiger partial charge in [0, 0.05) is 12.1 Å². The third-order valence-electron chi connectivity index (χ3n) is 3.27. The number of nitrogens with two attached hydrogens (primary N) is 1. The molecule has 1 aromatic rings. The van der Waals surface area contributed by atoms with Crippen LogP contribution in [-0.2, 0) is 4.79 Å². The molecule has 0 spiro atoms. The van der Waals surface area contributed by atoms with E-state index in [2.05, 4.69) is 12.2 Å². The van der Waals surface area contributed by atoms with E-state index in [1.807, 2.05) is 0 Å². The molecule has 0 fully saturated rings. The molecule has 0 bridgehead atoms. The Morgan fingerprint density at radius 2 is 1.80 bits per heavy atom. The van der Waals surface area contributed by atoms with Gasteiger partial charge in [-0.3, -0.25) is 4.79 Å². The first-order valence-corrected chi connectivity index (χ1v) is 7.48. The van der Waals surface area contributed by atoms with Crippen molar-refractivity contribution in [3.63, 3.8) is 0 Å². The summed E-state index contributed by atoms with van der Waals surface area (Å²) >= 11 is 0. The van der Waals surface area contributed by atoms with Gasteiger partial charge in [-0.2, -0.15) is 0 Å². The number of rotatable bonds is 9. The zero-order valence-corrected chi connectivity index (χ0v) is 12.3. The van der Waals surface area contributed by atoms with Gasteiger partial charge in [0.1, 0.15) is 5.82 Å². The SMILES string of the molecule is CCCCCCCCCC(=O)Nc1cc(N)ccc1F. The third-order valence-corrected chi connectivity index (χ3v) is 3.27. The predicted octanol–water partition coefficient (Wildman–Crippen LogP) is 4.49. The molecule has 20 heavy (non-hydrogen) atoms. The van der Waals surface area contributed by atoms with E-state index in [4.69, 9.17) is 5.73 Å². The normalized spacial score (nSPS) is 10.5. The molecule has 112 valence electrons. The lowest BCUT2D eigenvalue weighted by Gasteiger charge is -2.07. The highest BCUT2D eigenvalue weighted by Gasteiger charge is 2.07. The quantitative estimate of drug-likeness (QED) is 0.517. The molecule has 0 aliphatic heterocycles. The number of amides is 1. The molecule has 0 heterocycles. The summed E-state index contributed by atoms with van der Waals surface area (Å²) in [4.78, 5) is 11.7. The average Bonchev–Trinajstić information content (AvgIpc) is 2.42. The number of carbonyl (C=O) groups excluding carboxylic acids is 1. The highest BCUT2D eigenvalue weighted by atomic mass is 19.1. The molecule has 3 N–H and O–H groups in total. The Balaban J connectivity index is 2.19. The summed E-state index contributed by atoms with van der Waals surface area (Å²) in [7, 11) is 0. The van der Waals surface area contributed by atoms with E-state index in [1.54, 1.807) is 0 Å². The number of anilines is 2. The maximum absolute atomic E-state index is 13.4. The number of hydrogen-bond donors (Lipinski definition) is 2. The van der Waals surface area contributed by atoms with E-state index in [-0.39, 0.29) is 11.6 Å². The summed E-state index contributed by atoms with van der Waals surface area (Å²) < 4.78 is 13.4. The Kier molecular flexibility index (Phi) is 7.70. The van der Waals surface area contributed by atoms with Gasteiger partial charge in [-0.1, -0.05) is 45.4 Å². The maximum atomic E-state index is 13.4. The van der Waals surface area contributed by atoms with Gasteiger partial charge in [-0.15, -0.1) is 0 Å². The van der Waals surface area contributed by atoms with Crippen molar-refractivity contribution in [2.75, 3.05) is 11.1 Å². The monoisotopic (exact) mass is 280 g/mol. The Bertz CT molecular complexity index is 421. The molecule has 0 atom stereocenters. The van der Waals surface area contributed by atoms with Crippen LogP contribution in [0.15, 0.2) is 18.2 Å². The summed E-state index contributed by atoms with van der Waals surface area (Å²) in [5.74, 6) is -0.602. The van der Waals surface area contributed by atoms with E-state index < -0.39 is 5.82 Å². The molecule has 0 saturated carbocycles. The Morgan fingerprint density at radius 1 is 1.15 bits per heavy atom. The minimum atomic E-state index is -0.452. The highest BCUT2D eigenvalue weighted by molar-refractivity contribution is 5.91. The minimum Gasteiger partial charge on any atom is -0.399 e. The first kappa shape index (κ1) is 16.5. The average molecular weight is 280 g/mol. The van der Waals surface area contributed by atoms with Gasteiger partial charge in [-0.05, 0) is 24.6 Å². The number of hydrogen-bond acceptors (Lipinski definition) is 2. The van der Waals surface area contributed by atoms with Crippen molar-refractivity contribution in [3.05, 3.63) is 24.0 Å². The lowest BCUT2D eigenvalue weighted by atomic mass is 10.1. The first-order valence-electron chi connectivity index (χ1n) is 7.48. The second-order valence-electron chi connectivity index (χ2n) is 5.16. The molecule has 0 radical (unpaired) electrons. The topological polar surface area (TPSA) is 55.1 Å². The largest absolute Gasteiger partial charge is 0.399 e. The molecule has 0 saturated heterocycles. The van der Waals surface area contributed by atoms with Crippen molar-refractivity contribution in [2.45, 2.75) is 58.3 Å². The Morgan fingerprint density at radius 3 is 2.50 bits per heavy atom. The van der Waals surface area contributed by atoms with Crippen molar-refractivity contribution in [3.8, 4) is 0 Å². The number of carbonyl (C=O) groups is 1. The summed E-state index contributed by atoms with van der Waals surface area (Å²) in [6.07, 6.45) is 8.54. The van der Waals surface area contributed by atoms with Crippen LogP contribution in [0.4, 0.5) is 15.8 Å². The summed E-state index contributed by atoms with van der Waals surface area (Å²) in [6.45, 7) is 2.19. The second kappa shape index (κ2) is 9.34. The van der Waals surface area contributed by atoms with Crippen molar-refractivity contribution in [1.29, 1.82) is 0 Å².